The van der Waals surface area contributed by atoms with Crippen molar-refractivity contribution in [1.29, 1.82) is 0 Å². The van der Waals surface area contributed by atoms with E-state index in [0.29, 0.717) is 18.8 Å². The van der Waals surface area contributed by atoms with Crippen LogP contribution in [-0.2, 0) is 0 Å². The molecule has 4 aliphatic rings. The van der Waals surface area contributed by atoms with Crippen LogP contribution in [0.25, 0.3) is 0 Å². The standard InChI is InChI=1S/C25H41F3/c1-16-5-7-17(8-6-16)18-9-11-19(12-10-18)22-13-14-23(25(28)24(22)27)20-3-2-4-21(26)15-20/h16-25H,2-15H2,1H3. The summed E-state index contributed by atoms with van der Waals surface area (Å²) in [6.45, 7) is 2.37. The normalized spacial score (nSPS) is 51.0. The molecule has 0 aromatic carbocycles. The average Bonchev–Trinajstić information content (AvgIpc) is 2.71. The summed E-state index contributed by atoms with van der Waals surface area (Å²) in [6, 6.07) is 0. The summed E-state index contributed by atoms with van der Waals surface area (Å²) in [5.74, 6) is 2.77. The van der Waals surface area contributed by atoms with E-state index in [1.54, 1.807) is 0 Å². The zero-order valence-corrected chi connectivity index (χ0v) is 17.8. The SMILES string of the molecule is CC1CCC(C2CCC(C3CCC(C4CCCC(F)C4)C(F)C3F)CC2)CC1. The van der Waals surface area contributed by atoms with Crippen molar-refractivity contribution >= 4 is 0 Å². The molecule has 162 valence electrons. The molecule has 0 aliphatic heterocycles. The van der Waals surface area contributed by atoms with E-state index >= 15 is 8.78 Å². The first-order valence-electron chi connectivity index (χ1n) is 12.4. The third kappa shape index (κ3) is 4.59. The lowest BCUT2D eigenvalue weighted by Gasteiger charge is -2.45. The topological polar surface area (TPSA) is 0 Å². The number of rotatable bonds is 3. The van der Waals surface area contributed by atoms with E-state index in [1.807, 2.05) is 0 Å². The van der Waals surface area contributed by atoms with Crippen molar-refractivity contribution in [2.75, 3.05) is 0 Å². The van der Waals surface area contributed by atoms with E-state index in [-0.39, 0.29) is 17.8 Å². The van der Waals surface area contributed by atoms with Gasteiger partial charge in [0.25, 0.3) is 0 Å². The zero-order valence-electron chi connectivity index (χ0n) is 17.8. The van der Waals surface area contributed by atoms with Gasteiger partial charge in [-0.3, -0.25) is 0 Å². The van der Waals surface area contributed by atoms with Gasteiger partial charge in [-0.05, 0) is 112 Å². The van der Waals surface area contributed by atoms with Gasteiger partial charge in [0, 0.05) is 0 Å². The summed E-state index contributed by atoms with van der Waals surface area (Å²) < 4.78 is 44.0. The van der Waals surface area contributed by atoms with Crippen LogP contribution in [-0.4, -0.2) is 18.5 Å². The molecule has 4 saturated carbocycles. The molecule has 4 rings (SSSR count). The Labute approximate surface area is 170 Å². The van der Waals surface area contributed by atoms with Crippen molar-refractivity contribution in [3.8, 4) is 0 Å². The Morgan fingerprint density at radius 1 is 0.500 bits per heavy atom. The van der Waals surface area contributed by atoms with Gasteiger partial charge in [0.1, 0.15) is 18.5 Å². The molecule has 0 spiro atoms. The Kier molecular flexibility index (Phi) is 6.98. The highest BCUT2D eigenvalue weighted by Gasteiger charge is 2.47. The fourth-order valence-corrected chi connectivity index (χ4v) is 7.52. The minimum Gasteiger partial charge on any atom is -0.247 e. The second-order valence-corrected chi connectivity index (χ2v) is 11.0. The molecular weight excluding hydrogens is 357 g/mol. The van der Waals surface area contributed by atoms with Crippen molar-refractivity contribution < 1.29 is 13.2 Å². The largest absolute Gasteiger partial charge is 0.247 e. The molecule has 0 saturated heterocycles. The molecule has 0 aromatic heterocycles. The smallest absolute Gasteiger partial charge is 0.134 e. The highest BCUT2D eigenvalue weighted by atomic mass is 19.2. The third-order valence-corrected chi connectivity index (χ3v) is 9.36. The number of halogens is 3. The maximum atomic E-state index is 15.2. The van der Waals surface area contributed by atoms with Gasteiger partial charge in [-0.25, -0.2) is 13.2 Å². The second kappa shape index (κ2) is 9.29. The van der Waals surface area contributed by atoms with Crippen LogP contribution in [0.5, 0.6) is 0 Å². The summed E-state index contributed by atoms with van der Waals surface area (Å²) in [5, 5.41) is 0. The molecule has 6 unspecified atom stereocenters. The average molecular weight is 399 g/mol. The van der Waals surface area contributed by atoms with E-state index in [4.69, 9.17) is 0 Å². The molecule has 0 aromatic rings. The van der Waals surface area contributed by atoms with Crippen LogP contribution >= 0.6 is 0 Å². The van der Waals surface area contributed by atoms with Gasteiger partial charge in [0.05, 0.1) is 0 Å². The molecule has 0 N–H and O–H groups in total. The summed E-state index contributed by atoms with van der Waals surface area (Å²) >= 11 is 0. The lowest BCUT2D eigenvalue weighted by molar-refractivity contribution is -0.0412. The van der Waals surface area contributed by atoms with Gasteiger partial charge in [0.15, 0.2) is 0 Å². The molecular formula is C25H41F3. The summed E-state index contributed by atoms with van der Waals surface area (Å²) in [4.78, 5) is 0. The highest BCUT2D eigenvalue weighted by molar-refractivity contribution is 4.96. The molecule has 0 amide bonds. The van der Waals surface area contributed by atoms with Crippen LogP contribution in [0, 0.1) is 41.4 Å². The Morgan fingerprint density at radius 3 is 1.57 bits per heavy atom. The van der Waals surface area contributed by atoms with Crippen molar-refractivity contribution in [1.82, 2.24) is 0 Å². The van der Waals surface area contributed by atoms with E-state index in [9.17, 15) is 4.39 Å². The predicted octanol–water partition coefficient (Wildman–Crippen LogP) is 7.85. The number of hydrogen-bond acceptors (Lipinski definition) is 0. The van der Waals surface area contributed by atoms with Crippen molar-refractivity contribution in [3.63, 3.8) is 0 Å². The summed E-state index contributed by atoms with van der Waals surface area (Å²) in [5.41, 5.74) is 0. The summed E-state index contributed by atoms with van der Waals surface area (Å²) in [7, 11) is 0. The molecule has 0 heterocycles. The van der Waals surface area contributed by atoms with Gasteiger partial charge in [-0.15, -0.1) is 0 Å². The van der Waals surface area contributed by atoms with Crippen LogP contribution in [0.15, 0.2) is 0 Å². The fourth-order valence-electron chi connectivity index (χ4n) is 7.52. The third-order valence-electron chi connectivity index (χ3n) is 9.36. The van der Waals surface area contributed by atoms with Gasteiger partial charge in [-0.1, -0.05) is 26.2 Å². The Balaban J connectivity index is 1.28. The second-order valence-electron chi connectivity index (χ2n) is 11.0. The predicted molar refractivity (Wildman–Crippen MR) is 109 cm³/mol. The first kappa shape index (κ1) is 21.0. The van der Waals surface area contributed by atoms with E-state index in [2.05, 4.69) is 6.92 Å². The lowest BCUT2D eigenvalue weighted by atomic mass is 9.62. The molecule has 6 atom stereocenters. The molecule has 3 heteroatoms. The van der Waals surface area contributed by atoms with Crippen molar-refractivity contribution in [2.24, 2.45) is 41.4 Å². The minimum absolute atomic E-state index is 0.0716. The van der Waals surface area contributed by atoms with Crippen LogP contribution in [0.1, 0.15) is 96.8 Å². The van der Waals surface area contributed by atoms with E-state index in [0.717, 1.165) is 56.3 Å². The molecule has 0 bridgehead atoms. The van der Waals surface area contributed by atoms with Gasteiger partial charge in [-0.2, -0.15) is 0 Å². The van der Waals surface area contributed by atoms with Crippen molar-refractivity contribution in [2.45, 2.75) is 115 Å². The Morgan fingerprint density at radius 2 is 1.00 bits per heavy atom. The molecule has 4 aliphatic carbocycles. The maximum Gasteiger partial charge on any atom is 0.134 e. The van der Waals surface area contributed by atoms with Crippen LogP contribution in [0.2, 0.25) is 0 Å². The van der Waals surface area contributed by atoms with Crippen LogP contribution in [0.3, 0.4) is 0 Å². The Bertz CT molecular complexity index is 478. The first-order valence-corrected chi connectivity index (χ1v) is 12.4. The van der Waals surface area contributed by atoms with Gasteiger partial charge >= 0.3 is 0 Å². The van der Waals surface area contributed by atoms with E-state index in [1.165, 1.54) is 38.5 Å². The van der Waals surface area contributed by atoms with Gasteiger partial charge in [0.2, 0.25) is 0 Å². The quantitative estimate of drug-likeness (QED) is 0.454. The van der Waals surface area contributed by atoms with Crippen LogP contribution in [0.4, 0.5) is 13.2 Å². The molecule has 28 heavy (non-hydrogen) atoms. The summed E-state index contributed by atoms with van der Waals surface area (Å²) in [6.07, 6.45) is 11.2. The van der Waals surface area contributed by atoms with Gasteiger partial charge < -0.3 is 0 Å². The monoisotopic (exact) mass is 398 g/mol. The number of alkyl halides is 3. The van der Waals surface area contributed by atoms with E-state index < -0.39 is 18.5 Å². The number of hydrogen-bond donors (Lipinski definition) is 0. The van der Waals surface area contributed by atoms with Crippen LogP contribution < -0.4 is 0 Å². The first-order chi connectivity index (χ1) is 13.5. The van der Waals surface area contributed by atoms with Crippen molar-refractivity contribution in [3.05, 3.63) is 0 Å². The molecule has 0 nitrogen and oxygen atoms in total. The highest BCUT2D eigenvalue weighted by Crippen LogP contribution is 2.49. The minimum atomic E-state index is -1.35. The molecule has 0 radical (unpaired) electrons. The zero-order chi connectivity index (χ0) is 19.7. The maximum absolute atomic E-state index is 15.2. The lowest BCUT2D eigenvalue weighted by Crippen LogP contribution is -2.45. The molecule has 4 fully saturated rings. The Hall–Kier alpha value is -0.210. The fraction of sp³-hybridized carbons (Fsp3) is 1.00.